The van der Waals surface area contributed by atoms with E-state index in [9.17, 15) is 4.79 Å². The van der Waals surface area contributed by atoms with Crippen LogP contribution in [-0.4, -0.2) is 25.9 Å². The van der Waals surface area contributed by atoms with E-state index in [0.29, 0.717) is 34.0 Å². The summed E-state index contributed by atoms with van der Waals surface area (Å²) >= 11 is 7.21. The number of rotatable bonds is 6. The van der Waals surface area contributed by atoms with Gasteiger partial charge >= 0.3 is 0 Å². The Morgan fingerprint density at radius 2 is 2.08 bits per heavy atom. The van der Waals surface area contributed by atoms with Crippen molar-refractivity contribution >= 4 is 35.0 Å². The van der Waals surface area contributed by atoms with Crippen LogP contribution < -0.4 is 5.32 Å². The van der Waals surface area contributed by atoms with Crippen LogP contribution in [0.1, 0.15) is 13.8 Å². The molecule has 2 heterocycles. The van der Waals surface area contributed by atoms with Gasteiger partial charge in [-0.1, -0.05) is 23.4 Å². The summed E-state index contributed by atoms with van der Waals surface area (Å²) in [5.41, 5.74) is 0.704. The fourth-order valence-electron chi connectivity index (χ4n) is 2.24. The number of nitrogens with one attached hydrogen (secondary N) is 1. The maximum absolute atomic E-state index is 12.4. The van der Waals surface area contributed by atoms with E-state index in [4.69, 9.17) is 16.0 Å². The Balaban J connectivity index is 1.71. The van der Waals surface area contributed by atoms with Gasteiger partial charge < -0.3 is 9.73 Å². The van der Waals surface area contributed by atoms with Gasteiger partial charge in [0.05, 0.1) is 11.5 Å². The first kappa shape index (κ1) is 17.6. The highest BCUT2D eigenvalue weighted by atomic mass is 35.5. The molecule has 1 N–H and O–H groups in total. The number of anilines is 1. The van der Waals surface area contributed by atoms with Crippen LogP contribution in [0.5, 0.6) is 0 Å². The van der Waals surface area contributed by atoms with Crippen molar-refractivity contribution in [1.82, 2.24) is 14.8 Å². The van der Waals surface area contributed by atoms with Gasteiger partial charge in [0, 0.05) is 17.3 Å². The molecule has 3 aromatic rings. The molecule has 130 valence electrons. The molecule has 0 spiro atoms. The second-order valence-electron chi connectivity index (χ2n) is 5.28. The Morgan fingerprint density at radius 3 is 2.72 bits per heavy atom. The number of thioether (sulfide) groups is 1. The summed E-state index contributed by atoms with van der Waals surface area (Å²) < 4.78 is 7.32. The Hall–Kier alpha value is -2.25. The summed E-state index contributed by atoms with van der Waals surface area (Å²) in [7, 11) is 0. The summed E-state index contributed by atoms with van der Waals surface area (Å²) in [6, 6.07) is 10.6. The highest BCUT2D eigenvalue weighted by Gasteiger charge is 2.21. The van der Waals surface area contributed by atoms with Crippen molar-refractivity contribution in [2.45, 2.75) is 30.8 Å². The largest absolute Gasteiger partial charge is 0.461 e. The Kier molecular flexibility index (Phi) is 5.45. The molecule has 0 fully saturated rings. The van der Waals surface area contributed by atoms with Gasteiger partial charge in [-0.05, 0) is 50.2 Å². The number of carbonyl (C=O) groups is 1. The number of benzene rings is 1. The lowest BCUT2D eigenvalue weighted by Crippen LogP contribution is -2.22. The molecule has 1 aromatic carbocycles. The van der Waals surface area contributed by atoms with Crippen LogP contribution >= 0.6 is 23.4 Å². The van der Waals surface area contributed by atoms with Crippen LogP contribution in [0, 0.1) is 0 Å². The van der Waals surface area contributed by atoms with E-state index in [1.807, 2.05) is 24.5 Å². The predicted molar refractivity (Wildman–Crippen MR) is 98.8 cm³/mol. The van der Waals surface area contributed by atoms with E-state index in [1.54, 1.807) is 36.6 Å². The average molecular weight is 377 g/mol. The van der Waals surface area contributed by atoms with Gasteiger partial charge in [0.1, 0.15) is 0 Å². The number of aromatic nitrogens is 3. The van der Waals surface area contributed by atoms with Crippen LogP contribution in [0.3, 0.4) is 0 Å². The molecule has 0 aliphatic rings. The summed E-state index contributed by atoms with van der Waals surface area (Å²) in [5, 5.41) is 12.2. The van der Waals surface area contributed by atoms with Gasteiger partial charge in [-0.2, -0.15) is 0 Å². The van der Waals surface area contributed by atoms with Crippen LogP contribution in [-0.2, 0) is 11.3 Å². The maximum atomic E-state index is 12.4. The van der Waals surface area contributed by atoms with Crippen molar-refractivity contribution < 1.29 is 9.21 Å². The molecule has 0 aliphatic carbocycles. The van der Waals surface area contributed by atoms with Crippen molar-refractivity contribution in [3.05, 3.63) is 47.7 Å². The number of nitrogens with zero attached hydrogens (tertiary/aromatic N) is 3. The number of halogens is 1. The van der Waals surface area contributed by atoms with Crippen molar-refractivity contribution in [3.8, 4) is 11.6 Å². The number of furan rings is 1. The van der Waals surface area contributed by atoms with Gasteiger partial charge in [0.25, 0.3) is 0 Å². The molecule has 3 rings (SSSR count). The SMILES string of the molecule is CCn1c(SC(C)C(=O)Nc2ccc(Cl)cc2)nnc1-c1ccco1. The lowest BCUT2D eigenvalue weighted by atomic mass is 10.3. The summed E-state index contributed by atoms with van der Waals surface area (Å²) in [4.78, 5) is 12.4. The van der Waals surface area contributed by atoms with Crippen molar-refractivity contribution in [1.29, 1.82) is 0 Å². The highest BCUT2D eigenvalue weighted by Crippen LogP contribution is 2.27. The zero-order valence-electron chi connectivity index (χ0n) is 13.8. The third-order valence-corrected chi connectivity index (χ3v) is 4.87. The quantitative estimate of drug-likeness (QED) is 0.648. The number of carbonyl (C=O) groups excluding carboxylic acids is 1. The molecule has 0 saturated carbocycles. The summed E-state index contributed by atoms with van der Waals surface area (Å²) in [5.74, 6) is 1.19. The topological polar surface area (TPSA) is 73.0 Å². The van der Waals surface area contributed by atoms with E-state index in [-0.39, 0.29) is 11.2 Å². The fourth-order valence-corrected chi connectivity index (χ4v) is 3.28. The van der Waals surface area contributed by atoms with Gasteiger partial charge in [-0.25, -0.2) is 0 Å². The molecule has 1 atom stereocenters. The number of hydrogen-bond acceptors (Lipinski definition) is 5. The molecule has 6 nitrogen and oxygen atoms in total. The third-order valence-electron chi connectivity index (χ3n) is 3.54. The predicted octanol–water partition coefficient (Wildman–Crippen LogP) is 4.33. The van der Waals surface area contributed by atoms with E-state index in [1.165, 1.54) is 11.8 Å². The summed E-state index contributed by atoms with van der Waals surface area (Å²) in [6.07, 6.45) is 1.60. The van der Waals surface area contributed by atoms with Crippen LogP contribution in [0.25, 0.3) is 11.6 Å². The number of hydrogen-bond donors (Lipinski definition) is 1. The zero-order chi connectivity index (χ0) is 17.8. The molecule has 8 heteroatoms. The lowest BCUT2D eigenvalue weighted by molar-refractivity contribution is -0.115. The minimum atomic E-state index is -0.338. The van der Waals surface area contributed by atoms with Crippen LogP contribution in [0.15, 0.2) is 52.2 Å². The molecule has 0 saturated heterocycles. The monoisotopic (exact) mass is 376 g/mol. The van der Waals surface area contributed by atoms with E-state index in [0.717, 1.165) is 0 Å². The van der Waals surface area contributed by atoms with E-state index in [2.05, 4.69) is 15.5 Å². The first-order valence-electron chi connectivity index (χ1n) is 7.78. The van der Waals surface area contributed by atoms with Crippen molar-refractivity contribution in [3.63, 3.8) is 0 Å². The van der Waals surface area contributed by atoms with Gasteiger partial charge in [-0.15, -0.1) is 10.2 Å². The normalized spacial score (nSPS) is 12.1. The minimum Gasteiger partial charge on any atom is -0.461 e. The zero-order valence-corrected chi connectivity index (χ0v) is 15.3. The van der Waals surface area contributed by atoms with Crippen LogP contribution in [0.4, 0.5) is 5.69 Å². The smallest absolute Gasteiger partial charge is 0.237 e. The molecule has 1 unspecified atom stereocenters. The average Bonchev–Trinajstić information content (AvgIpc) is 3.25. The fraction of sp³-hybridized carbons (Fsp3) is 0.235. The van der Waals surface area contributed by atoms with Crippen LogP contribution in [0.2, 0.25) is 5.02 Å². The molecular formula is C17H17ClN4O2S. The third kappa shape index (κ3) is 4.05. The van der Waals surface area contributed by atoms with Crippen molar-refractivity contribution in [2.24, 2.45) is 0 Å². The highest BCUT2D eigenvalue weighted by molar-refractivity contribution is 8.00. The molecular weight excluding hydrogens is 360 g/mol. The Morgan fingerprint density at radius 1 is 1.32 bits per heavy atom. The standard InChI is InChI=1S/C17H17ClN4O2S/c1-3-22-15(14-5-4-10-24-14)20-21-17(22)25-11(2)16(23)19-13-8-6-12(18)7-9-13/h4-11H,3H2,1-2H3,(H,19,23). The van der Waals surface area contributed by atoms with E-state index >= 15 is 0 Å². The first-order valence-corrected chi connectivity index (χ1v) is 9.04. The van der Waals surface area contributed by atoms with E-state index < -0.39 is 0 Å². The molecule has 0 aliphatic heterocycles. The number of amides is 1. The van der Waals surface area contributed by atoms with Gasteiger partial charge in [-0.3, -0.25) is 9.36 Å². The summed E-state index contributed by atoms with van der Waals surface area (Å²) in [6.45, 7) is 4.51. The van der Waals surface area contributed by atoms with Gasteiger partial charge in [0.15, 0.2) is 16.7 Å². The molecule has 25 heavy (non-hydrogen) atoms. The second kappa shape index (κ2) is 7.76. The minimum absolute atomic E-state index is 0.113. The van der Waals surface area contributed by atoms with Crippen molar-refractivity contribution in [2.75, 3.05) is 5.32 Å². The molecule has 1 amide bonds. The molecule has 0 bridgehead atoms. The maximum Gasteiger partial charge on any atom is 0.237 e. The second-order valence-corrected chi connectivity index (χ2v) is 7.03. The molecule has 2 aromatic heterocycles. The molecule has 0 radical (unpaired) electrons. The van der Waals surface area contributed by atoms with Gasteiger partial charge in [0.2, 0.25) is 5.91 Å². The Bertz CT molecular complexity index is 846. The first-order chi connectivity index (χ1) is 12.1. The lowest BCUT2D eigenvalue weighted by Gasteiger charge is -2.12. The Labute approximate surface area is 154 Å².